The smallest absolute Gasteiger partial charge is 0.314 e. The van der Waals surface area contributed by atoms with E-state index in [9.17, 15) is 9.59 Å². The molecule has 2 aliphatic heterocycles. The summed E-state index contributed by atoms with van der Waals surface area (Å²) in [6.45, 7) is 3.15. The van der Waals surface area contributed by atoms with Crippen LogP contribution in [0.4, 0.5) is 11.5 Å². The number of nitrogens with one attached hydrogen (secondary N) is 1. The lowest BCUT2D eigenvalue weighted by Gasteiger charge is -2.38. The topological polar surface area (TPSA) is 97.6 Å². The van der Waals surface area contributed by atoms with E-state index >= 15 is 0 Å². The van der Waals surface area contributed by atoms with Crippen LogP contribution in [0.5, 0.6) is 5.75 Å². The number of ether oxygens (including phenoxy) is 1. The highest BCUT2D eigenvalue weighted by molar-refractivity contribution is 6.39. The number of nitrogens with two attached hydrogens (primary N) is 1. The quantitative estimate of drug-likeness (QED) is 0.781. The number of benzene rings is 1. The second-order valence-corrected chi connectivity index (χ2v) is 7.48. The minimum absolute atomic E-state index is 0.0952. The van der Waals surface area contributed by atoms with Gasteiger partial charge in [0, 0.05) is 18.5 Å². The maximum absolute atomic E-state index is 13.0. The number of aromatic nitrogens is 1. The van der Waals surface area contributed by atoms with E-state index in [2.05, 4.69) is 17.2 Å². The zero-order chi connectivity index (χ0) is 19.7. The van der Waals surface area contributed by atoms with Gasteiger partial charge in [-0.2, -0.15) is 0 Å². The number of carbonyl (C=O) groups is 2. The summed E-state index contributed by atoms with van der Waals surface area (Å²) in [4.78, 5) is 31.6. The van der Waals surface area contributed by atoms with Crippen LogP contribution in [0.3, 0.4) is 0 Å². The van der Waals surface area contributed by atoms with Crippen molar-refractivity contribution in [1.29, 1.82) is 0 Å². The largest absolute Gasteiger partial charge is 0.491 e. The van der Waals surface area contributed by atoms with Gasteiger partial charge >= 0.3 is 11.8 Å². The molecule has 1 fully saturated rings. The normalized spacial score (nSPS) is 21.0. The molecule has 3 heterocycles. The van der Waals surface area contributed by atoms with Crippen LogP contribution in [0.2, 0.25) is 0 Å². The number of hydrogen-bond donors (Lipinski definition) is 2. The molecule has 2 amide bonds. The van der Waals surface area contributed by atoms with Gasteiger partial charge in [0.05, 0.1) is 18.8 Å². The fraction of sp³-hybridized carbons (Fsp3) is 0.381. The van der Waals surface area contributed by atoms with Gasteiger partial charge in [-0.3, -0.25) is 9.59 Å². The van der Waals surface area contributed by atoms with Crippen LogP contribution in [-0.4, -0.2) is 34.8 Å². The Labute approximate surface area is 163 Å². The van der Waals surface area contributed by atoms with Crippen molar-refractivity contribution in [2.45, 2.75) is 32.2 Å². The summed E-state index contributed by atoms with van der Waals surface area (Å²) in [5, 5.41) is 2.68. The molecule has 7 heteroatoms. The summed E-state index contributed by atoms with van der Waals surface area (Å²) in [7, 11) is 0. The monoisotopic (exact) mass is 380 g/mol. The van der Waals surface area contributed by atoms with Gasteiger partial charge in [0.1, 0.15) is 11.5 Å². The molecule has 2 atom stereocenters. The van der Waals surface area contributed by atoms with E-state index in [-0.39, 0.29) is 6.04 Å². The molecule has 0 aliphatic carbocycles. The van der Waals surface area contributed by atoms with Crippen molar-refractivity contribution in [3.05, 3.63) is 47.7 Å². The molecule has 3 N–H and O–H groups in total. The third-order valence-corrected chi connectivity index (χ3v) is 5.46. The molecule has 0 spiro atoms. The summed E-state index contributed by atoms with van der Waals surface area (Å²) in [6, 6.07) is 9.77. The molecule has 1 saturated heterocycles. The van der Waals surface area contributed by atoms with Gasteiger partial charge in [-0.05, 0) is 24.3 Å². The number of rotatable bonds is 2. The van der Waals surface area contributed by atoms with Crippen molar-refractivity contribution >= 4 is 23.3 Å². The van der Waals surface area contributed by atoms with Crippen LogP contribution in [-0.2, 0) is 16.0 Å². The minimum atomic E-state index is -0.681. The Balaban J connectivity index is 1.55. The average Bonchev–Trinajstić information content (AvgIpc) is 3.21. The maximum atomic E-state index is 13.0. The standard InChI is InChI=1S/C21H24N4O3/c1-13-7-8-17(14-5-3-2-4-6-14)25(12-13)21(27)20(26)24-16-11-23-19(22)15-9-10-28-18(15)16/h2-6,11,13,17H,7-10,12H2,1H3,(H2,22,23)(H,24,26)/t13-,17+/m0/s1. The number of pyridine rings is 1. The van der Waals surface area contributed by atoms with Gasteiger partial charge in [0.15, 0.2) is 5.75 Å². The molecule has 0 radical (unpaired) electrons. The number of nitrogen functional groups attached to an aromatic ring is 1. The van der Waals surface area contributed by atoms with Crippen molar-refractivity contribution < 1.29 is 14.3 Å². The van der Waals surface area contributed by atoms with Gasteiger partial charge in [-0.25, -0.2) is 4.98 Å². The zero-order valence-corrected chi connectivity index (χ0v) is 15.9. The Bertz CT molecular complexity index is 900. The lowest BCUT2D eigenvalue weighted by Crippen LogP contribution is -2.46. The highest BCUT2D eigenvalue weighted by Crippen LogP contribution is 2.37. The molecule has 7 nitrogen and oxygen atoms in total. The van der Waals surface area contributed by atoms with E-state index < -0.39 is 11.8 Å². The minimum Gasteiger partial charge on any atom is -0.491 e. The second kappa shape index (κ2) is 7.50. The van der Waals surface area contributed by atoms with Gasteiger partial charge in [0.2, 0.25) is 0 Å². The molecule has 1 aromatic heterocycles. The van der Waals surface area contributed by atoms with Crippen molar-refractivity contribution in [3.63, 3.8) is 0 Å². The van der Waals surface area contributed by atoms with E-state index in [0.29, 0.717) is 42.7 Å². The number of hydrogen-bond acceptors (Lipinski definition) is 5. The Morgan fingerprint density at radius 1 is 1.25 bits per heavy atom. The first kappa shape index (κ1) is 18.3. The third kappa shape index (κ3) is 3.40. The van der Waals surface area contributed by atoms with E-state index in [1.54, 1.807) is 4.90 Å². The lowest BCUT2D eigenvalue weighted by molar-refractivity contribution is -0.146. The third-order valence-electron chi connectivity index (χ3n) is 5.46. The molecule has 2 aromatic rings. The van der Waals surface area contributed by atoms with Crippen LogP contribution in [0.1, 0.15) is 36.9 Å². The summed E-state index contributed by atoms with van der Waals surface area (Å²) in [6.07, 6.45) is 3.95. The highest BCUT2D eigenvalue weighted by Gasteiger charge is 2.34. The number of piperidine rings is 1. The van der Waals surface area contributed by atoms with E-state index in [0.717, 1.165) is 24.0 Å². The molecule has 1 aromatic carbocycles. The zero-order valence-electron chi connectivity index (χ0n) is 15.9. The fourth-order valence-electron chi connectivity index (χ4n) is 4.01. The summed E-state index contributed by atoms with van der Waals surface area (Å²) >= 11 is 0. The Morgan fingerprint density at radius 2 is 2.04 bits per heavy atom. The van der Waals surface area contributed by atoms with E-state index in [1.165, 1.54) is 6.20 Å². The first-order chi connectivity index (χ1) is 13.5. The van der Waals surface area contributed by atoms with E-state index in [1.807, 2.05) is 30.3 Å². The fourth-order valence-corrected chi connectivity index (χ4v) is 4.01. The lowest BCUT2D eigenvalue weighted by atomic mass is 9.90. The van der Waals surface area contributed by atoms with Crippen LogP contribution in [0, 0.1) is 5.92 Å². The Kier molecular flexibility index (Phi) is 4.90. The van der Waals surface area contributed by atoms with Gasteiger partial charge in [0.25, 0.3) is 0 Å². The molecule has 0 bridgehead atoms. The summed E-state index contributed by atoms with van der Waals surface area (Å²) < 4.78 is 5.58. The van der Waals surface area contributed by atoms with Crippen molar-refractivity contribution in [2.24, 2.45) is 5.92 Å². The van der Waals surface area contributed by atoms with Crippen molar-refractivity contribution in [3.8, 4) is 5.75 Å². The number of anilines is 2. The van der Waals surface area contributed by atoms with Crippen LogP contribution >= 0.6 is 0 Å². The Hall–Kier alpha value is -3.09. The molecule has 0 unspecified atom stereocenters. The maximum Gasteiger partial charge on any atom is 0.314 e. The van der Waals surface area contributed by atoms with Gasteiger partial charge in [-0.1, -0.05) is 37.3 Å². The van der Waals surface area contributed by atoms with Crippen molar-refractivity contribution in [1.82, 2.24) is 9.88 Å². The molecule has 146 valence electrons. The molecular formula is C21H24N4O3. The molecule has 28 heavy (non-hydrogen) atoms. The first-order valence-electron chi connectivity index (χ1n) is 9.61. The number of nitrogens with zero attached hydrogens (tertiary/aromatic N) is 2. The number of carbonyl (C=O) groups excluding carboxylic acids is 2. The predicted molar refractivity (Wildman–Crippen MR) is 106 cm³/mol. The van der Waals surface area contributed by atoms with Gasteiger partial charge in [-0.15, -0.1) is 0 Å². The van der Waals surface area contributed by atoms with Crippen LogP contribution in [0.25, 0.3) is 0 Å². The predicted octanol–water partition coefficient (Wildman–Crippen LogP) is 2.54. The number of amides is 2. The summed E-state index contributed by atoms with van der Waals surface area (Å²) in [5.74, 6) is 0.0388. The van der Waals surface area contributed by atoms with E-state index in [4.69, 9.17) is 10.5 Å². The average molecular weight is 380 g/mol. The number of likely N-dealkylation sites (tertiary alicyclic amines) is 1. The van der Waals surface area contributed by atoms with Crippen LogP contribution < -0.4 is 15.8 Å². The molecule has 4 rings (SSSR count). The van der Waals surface area contributed by atoms with Crippen molar-refractivity contribution in [2.75, 3.05) is 24.2 Å². The first-order valence-corrected chi connectivity index (χ1v) is 9.61. The Morgan fingerprint density at radius 3 is 2.82 bits per heavy atom. The molecule has 2 aliphatic rings. The SMILES string of the molecule is C[C@H]1CC[C@H](c2ccccc2)N(C(=O)C(=O)Nc2cnc(N)c3c2OCC3)C1. The molecule has 0 saturated carbocycles. The van der Waals surface area contributed by atoms with Gasteiger partial charge < -0.3 is 20.7 Å². The molecular weight excluding hydrogens is 356 g/mol. The summed E-state index contributed by atoms with van der Waals surface area (Å²) in [5.41, 5.74) is 8.08. The highest BCUT2D eigenvalue weighted by atomic mass is 16.5. The second-order valence-electron chi connectivity index (χ2n) is 7.48. The number of fused-ring (bicyclic) bond motifs is 1. The van der Waals surface area contributed by atoms with Crippen LogP contribution in [0.15, 0.2) is 36.5 Å².